The van der Waals surface area contributed by atoms with Crippen LogP contribution in [0, 0.1) is 0 Å². The van der Waals surface area contributed by atoms with Crippen molar-refractivity contribution >= 4 is 11.6 Å². The Kier molecular flexibility index (Phi) is 7.79. The lowest BCUT2D eigenvalue weighted by molar-refractivity contribution is 0.102. The Balaban J connectivity index is 2.11. The average Bonchev–Trinajstić information content (AvgIpc) is 3.07. The number of hydrogen-bond donors (Lipinski definition) is 1. The van der Waals surface area contributed by atoms with Crippen LogP contribution in [0.3, 0.4) is 0 Å². The second-order valence-corrected chi connectivity index (χ2v) is 6.76. The van der Waals surface area contributed by atoms with Gasteiger partial charge in [-0.2, -0.15) is 5.10 Å². The van der Waals surface area contributed by atoms with Gasteiger partial charge in [0.15, 0.2) is 0 Å². The van der Waals surface area contributed by atoms with E-state index in [0.29, 0.717) is 29.8 Å². The smallest absolute Gasteiger partial charge is 0.259 e. The highest BCUT2D eigenvalue weighted by Gasteiger charge is 2.20. The largest absolute Gasteiger partial charge is 0.476 e. The first-order chi connectivity index (χ1) is 13.0. The van der Waals surface area contributed by atoms with Gasteiger partial charge in [-0.05, 0) is 39.4 Å². The molecule has 2 rings (SSSR count). The van der Waals surface area contributed by atoms with Gasteiger partial charge in [-0.15, -0.1) is 0 Å². The molecule has 0 saturated carbocycles. The zero-order valence-electron chi connectivity index (χ0n) is 17.0. The summed E-state index contributed by atoms with van der Waals surface area (Å²) in [5.74, 6) is 0.340. The minimum Gasteiger partial charge on any atom is -0.476 e. The molecule has 1 amide bonds. The highest BCUT2D eigenvalue weighted by atomic mass is 16.5. The third kappa shape index (κ3) is 5.53. The van der Waals surface area contributed by atoms with Crippen LogP contribution in [-0.4, -0.2) is 52.8 Å². The van der Waals surface area contributed by atoms with E-state index in [2.05, 4.69) is 36.2 Å². The van der Waals surface area contributed by atoms with Crippen LogP contribution in [-0.2, 0) is 6.42 Å². The monoisotopic (exact) mass is 373 g/mol. The number of likely N-dealkylation sites (N-methyl/N-ethyl adjacent to an activating group) is 1. The highest BCUT2D eigenvalue weighted by molar-refractivity contribution is 6.05. The van der Waals surface area contributed by atoms with Crippen molar-refractivity contribution < 1.29 is 9.53 Å². The van der Waals surface area contributed by atoms with Gasteiger partial charge < -0.3 is 15.0 Å². The fraction of sp³-hybridized carbons (Fsp3) is 0.550. The van der Waals surface area contributed by atoms with E-state index < -0.39 is 0 Å². The van der Waals surface area contributed by atoms with Crippen molar-refractivity contribution in [3.63, 3.8) is 0 Å². The summed E-state index contributed by atoms with van der Waals surface area (Å²) in [6, 6.07) is 3.82. The molecule has 1 N–H and O–H groups in total. The molecule has 0 aliphatic heterocycles. The third-order valence-corrected chi connectivity index (χ3v) is 4.55. The number of aromatic nitrogens is 3. The highest BCUT2D eigenvalue weighted by Crippen LogP contribution is 2.22. The van der Waals surface area contributed by atoms with E-state index in [0.717, 1.165) is 31.5 Å². The van der Waals surface area contributed by atoms with E-state index in [4.69, 9.17) is 4.74 Å². The molecule has 0 bridgehead atoms. The molecule has 0 aromatic carbocycles. The number of amides is 1. The molecule has 2 aromatic rings. The average molecular weight is 374 g/mol. The molecular weight excluding hydrogens is 342 g/mol. The topological polar surface area (TPSA) is 72.3 Å². The number of nitrogens with one attached hydrogen (secondary N) is 1. The zero-order chi connectivity index (χ0) is 19.8. The zero-order valence-corrected chi connectivity index (χ0v) is 17.0. The summed E-state index contributed by atoms with van der Waals surface area (Å²) in [7, 11) is 3.97. The lowest BCUT2D eigenvalue weighted by atomic mass is 10.1. The van der Waals surface area contributed by atoms with Crippen LogP contribution >= 0.6 is 0 Å². The molecule has 0 aliphatic carbocycles. The molecular formula is C20H31N5O2. The standard InChI is InChI=1S/C20H31N5O2/c1-6-16(7-2)25-18(8-3)17(14-22-25)20(26)23-15-9-10-21-19(13-15)27-12-11-24(4)5/h9-10,13-14,16H,6-8,11-12H2,1-5H3,(H,21,23,26). The van der Waals surface area contributed by atoms with Gasteiger partial charge in [0.05, 0.1) is 23.5 Å². The molecule has 148 valence electrons. The number of pyridine rings is 1. The van der Waals surface area contributed by atoms with Gasteiger partial charge in [0.1, 0.15) is 6.61 Å². The molecule has 0 unspecified atom stereocenters. The van der Waals surface area contributed by atoms with Gasteiger partial charge in [-0.25, -0.2) is 4.98 Å². The summed E-state index contributed by atoms with van der Waals surface area (Å²) >= 11 is 0. The molecule has 0 fully saturated rings. The second kappa shape index (κ2) is 10.1. The summed E-state index contributed by atoms with van der Waals surface area (Å²) in [6.07, 6.45) is 6.04. The number of hydrogen-bond acceptors (Lipinski definition) is 5. The fourth-order valence-electron chi connectivity index (χ4n) is 2.98. The van der Waals surface area contributed by atoms with E-state index in [-0.39, 0.29) is 5.91 Å². The number of ether oxygens (including phenoxy) is 1. The first kappa shape index (κ1) is 20.9. The predicted octanol–water partition coefficient (Wildman–Crippen LogP) is 3.39. The minimum atomic E-state index is -0.158. The second-order valence-electron chi connectivity index (χ2n) is 6.76. The summed E-state index contributed by atoms with van der Waals surface area (Å²) in [4.78, 5) is 19.0. The van der Waals surface area contributed by atoms with Gasteiger partial charge in [-0.3, -0.25) is 9.48 Å². The first-order valence-electron chi connectivity index (χ1n) is 9.61. The molecule has 0 spiro atoms. The molecule has 0 aliphatic rings. The molecule has 0 radical (unpaired) electrons. The maximum Gasteiger partial charge on any atom is 0.259 e. The maximum absolute atomic E-state index is 12.8. The third-order valence-electron chi connectivity index (χ3n) is 4.55. The number of nitrogens with zero attached hydrogens (tertiary/aromatic N) is 4. The van der Waals surface area contributed by atoms with Gasteiger partial charge in [-0.1, -0.05) is 20.8 Å². The van der Waals surface area contributed by atoms with Crippen molar-refractivity contribution in [1.29, 1.82) is 0 Å². The van der Waals surface area contributed by atoms with Crippen LogP contribution < -0.4 is 10.1 Å². The lowest BCUT2D eigenvalue weighted by Crippen LogP contribution is -2.20. The van der Waals surface area contributed by atoms with Crippen molar-refractivity contribution in [3.8, 4) is 5.88 Å². The normalized spacial score (nSPS) is 11.2. The first-order valence-corrected chi connectivity index (χ1v) is 9.61. The Labute approximate surface area is 161 Å². The Morgan fingerprint density at radius 1 is 1.30 bits per heavy atom. The number of anilines is 1. The van der Waals surface area contributed by atoms with Crippen LogP contribution in [0.15, 0.2) is 24.5 Å². The number of carbonyl (C=O) groups is 1. The van der Waals surface area contributed by atoms with Crippen molar-refractivity contribution in [2.75, 3.05) is 32.6 Å². The van der Waals surface area contributed by atoms with Crippen LogP contribution in [0.25, 0.3) is 0 Å². The number of carbonyl (C=O) groups excluding carboxylic acids is 1. The Hall–Kier alpha value is -2.41. The van der Waals surface area contributed by atoms with Crippen LogP contribution in [0.5, 0.6) is 5.88 Å². The molecule has 7 heteroatoms. The minimum absolute atomic E-state index is 0.158. The Morgan fingerprint density at radius 2 is 2.04 bits per heavy atom. The number of rotatable bonds is 10. The van der Waals surface area contributed by atoms with Crippen molar-refractivity contribution in [1.82, 2.24) is 19.7 Å². The molecule has 0 atom stereocenters. The van der Waals surface area contributed by atoms with E-state index in [1.54, 1.807) is 24.5 Å². The predicted molar refractivity (Wildman–Crippen MR) is 107 cm³/mol. The van der Waals surface area contributed by atoms with E-state index in [9.17, 15) is 4.79 Å². The van der Waals surface area contributed by atoms with Crippen LogP contribution in [0.4, 0.5) is 5.69 Å². The molecule has 2 aromatic heterocycles. The molecule has 0 saturated heterocycles. The van der Waals surface area contributed by atoms with Crippen LogP contribution in [0.2, 0.25) is 0 Å². The van der Waals surface area contributed by atoms with E-state index in [1.807, 2.05) is 23.7 Å². The maximum atomic E-state index is 12.8. The fourth-order valence-corrected chi connectivity index (χ4v) is 2.98. The van der Waals surface area contributed by atoms with Crippen LogP contribution in [0.1, 0.15) is 55.7 Å². The lowest BCUT2D eigenvalue weighted by Gasteiger charge is -2.16. The van der Waals surface area contributed by atoms with Gasteiger partial charge in [0, 0.05) is 24.5 Å². The van der Waals surface area contributed by atoms with Gasteiger partial charge in [0.2, 0.25) is 5.88 Å². The molecule has 27 heavy (non-hydrogen) atoms. The molecule has 2 heterocycles. The van der Waals surface area contributed by atoms with Gasteiger partial charge >= 0.3 is 0 Å². The van der Waals surface area contributed by atoms with Crippen molar-refractivity contribution in [2.24, 2.45) is 0 Å². The van der Waals surface area contributed by atoms with E-state index in [1.165, 1.54) is 0 Å². The summed E-state index contributed by atoms with van der Waals surface area (Å²) < 4.78 is 7.63. The SMILES string of the molecule is CCc1c(C(=O)Nc2ccnc(OCCN(C)C)c2)cnn1C(CC)CC. The quantitative estimate of drug-likeness (QED) is 0.691. The van der Waals surface area contributed by atoms with Crippen molar-refractivity contribution in [3.05, 3.63) is 35.8 Å². The summed E-state index contributed by atoms with van der Waals surface area (Å²) in [5, 5.41) is 7.42. The Morgan fingerprint density at radius 3 is 2.67 bits per heavy atom. The van der Waals surface area contributed by atoms with Crippen molar-refractivity contribution in [2.45, 2.75) is 46.1 Å². The summed E-state index contributed by atoms with van der Waals surface area (Å²) in [6.45, 7) is 7.68. The van der Waals surface area contributed by atoms with E-state index >= 15 is 0 Å². The molecule has 7 nitrogen and oxygen atoms in total. The van der Waals surface area contributed by atoms with Gasteiger partial charge in [0.25, 0.3) is 5.91 Å². The summed E-state index contributed by atoms with van der Waals surface area (Å²) in [5.41, 5.74) is 2.25. The Bertz CT molecular complexity index is 738.